The first-order chi connectivity index (χ1) is 7.88. The summed E-state index contributed by atoms with van der Waals surface area (Å²) in [4.78, 5) is 5.58. The van der Waals surface area contributed by atoms with Crippen LogP contribution in [0.1, 0.15) is 35.9 Å². The van der Waals surface area contributed by atoms with Crippen LogP contribution in [0.2, 0.25) is 0 Å². The van der Waals surface area contributed by atoms with Crippen molar-refractivity contribution >= 4 is 11.3 Å². The monoisotopic (exact) mass is 238 g/mol. The quantitative estimate of drug-likeness (QED) is 0.848. The molecule has 0 aromatic carbocycles. The van der Waals surface area contributed by atoms with Crippen molar-refractivity contribution in [2.75, 3.05) is 19.6 Å². The first kappa shape index (κ1) is 12.1. The summed E-state index contributed by atoms with van der Waals surface area (Å²) in [6.45, 7) is 7.99. The predicted molar refractivity (Wildman–Crippen MR) is 70.8 cm³/mol. The van der Waals surface area contributed by atoms with Gasteiger partial charge in [-0.3, -0.25) is 4.90 Å². The Kier molecular flexibility index (Phi) is 4.82. The third-order valence-corrected chi connectivity index (χ3v) is 4.16. The first-order valence-electron chi connectivity index (χ1n) is 6.39. The van der Waals surface area contributed by atoms with Gasteiger partial charge < -0.3 is 5.32 Å². The molecule has 0 bridgehead atoms. The van der Waals surface area contributed by atoms with Crippen molar-refractivity contribution in [3.8, 4) is 0 Å². The molecule has 0 atom stereocenters. The Morgan fingerprint density at radius 2 is 1.94 bits per heavy atom. The van der Waals surface area contributed by atoms with E-state index in [0.717, 1.165) is 19.6 Å². The standard InChI is InChI=1S/C13H22N2S/c1-2-14-10-12-6-7-13(16-12)11-15-8-4-3-5-9-15/h6-7,14H,2-5,8-11H2,1H3. The van der Waals surface area contributed by atoms with Gasteiger partial charge in [0, 0.05) is 22.8 Å². The fraction of sp³-hybridized carbons (Fsp3) is 0.692. The van der Waals surface area contributed by atoms with Crippen molar-refractivity contribution in [2.45, 2.75) is 39.3 Å². The Balaban J connectivity index is 1.81. The maximum Gasteiger partial charge on any atom is 0.0328 e. The summed E-state index contributed by atoms with van der Waals surface area (Å²) < 4.78 is 0. The predicted octanol–water partition coefficient (Wildman–Crippen LogP) is 2.84. The second-order valence-corrected chi connectivity index (χ2v) is 5.74. The van der Waals surface area contributed by atoms with Crippen LogP contribution >= 0.6 is 11.3 Å². The molecule has 90 valence electrons. The number of piperidine rings is 1. The zero-order valence-electron chi connectivity index (χ0n) is 10.2. The van der Waals surface area contributed by atoms with Gasteiger partial charge in [0.05, 0.1) is 0 Å². The molecule has 0 saturated carbocycles. The topological polar surface area (TPSA) is 15.3 Å². The smallest absolute Gasteiger partial charge is 0.0328 e. The van der Waals surface area contributed by atoms with Crippen LogP contribution in [-0.4, -0.2) is 24.5 Å². The lowest BCUT2D eigenvalue weighted by atomic mass is 10.1. The first-order valence-corrected chi connectivity index (χ1v) is 7.21. The Bertz CT molecular complexity index is 303. The molecule has 1 aliphatic heterocycles. The van der Waals surface area contributed by atoms with Crippen molar-refractivity contribution in [1.82, 2.24) is 10.2 Å². The van der Waals surface area contributed by atoms with Gasteiger partial charge in [0.25, 0.3) is 0 Å². The molecule has 3 heteroatoms. The Hall–Kier alpha value is -0.380. The van der Waals surface area contributed by atoms with E-state index >= 15 is 0 Å². The maximum atomic E-state index is 3.38. The summed E-state index contributed by atoms with van der Waals surface area (Å²) in [6.07, 6.45) is 4.19. The Morgan fingerprint density at radius 3 is 2.69 bits per heavy atom. The zero-order valence-corrected chi connectivity index (χ0v) is 11.0. The van der Waals surface area contributed by atoms with Gasteiger partial charge in [-0.25, -0.2) is 0 Å². The largest absolute Gasteiger partial charge is 0.312 e. The van der Waals surface area contributed by atoms with Crippen LogP contribution in [0.25, 0.3) is 0 Å². The molecule has 1 saturated heterocycles. The number of likely N-dealkylation sites (tertiary alicyclic amines) is 1. The van der Waals surface area contributed by atoms with Gasteiger partial charge in [0.1, 0.15) is 0 Å². The van der Waals surface area contributed by atoms with Crippen molar-refractivity contribution in [1.29, 1.82) is 0 Å². The number of hydrogen-bond donors (Lipinski definition) is 1. The molecule has 0 aliphatic carbocycles. The van der Waals surface area contributed by atoms with E-state index in [0.29, 0.717) is 0 Å². The summed E-state index contributed by atoms with van der Waals surface area (Å²) in [6, 6.07) is 4.57. The van der Waals surface area contributed by atoms with Crippen LogP contribution in [0.4, 0.5) is 0 Å². The lowest BCUT2D eigenvalue weighted by Crippen LogP contribution is -2.28. The third kappa shape index (κ3) is 3.58. The number of thiophene rings is 1. The van der Waals surface area contributed by atoms with E-state index in [1.807, 2.05) is 11.3 Å². The number of nitrogens with zero attached hydrogens (tertiary/aromatic N) is 1. The highest BCUT2D eigenvalue weighted by molar-refractivity contribution is 7.11. The molecule has 2 rings (SSSR count). The van der Waals surface area contributed by atoms with Gasteiger partial charge in [-0.05, 0) is 44.6 Å². The van der Waals surface area contributed by atoms with E-state index in [-0.39, 0.29) is 0 Å². The van der Waals surface area contributed by atoms with Gasteiger partial charge in [0.15, 0.2) is 0 Å². The minimum atomic E-state index is 1.03. The summed E-state index contributed by atoms with van der Waals surface area (Å²) in [5.41, 5.74) is 0. The van der Waals surface area contributed by atoms with Crippen molar-refractivity contribution in [3.63, 3.8) is 0 Å². The van der Waals surface area contributed by atoms with Crippen LogP contribution in [-0.2, 0) is 13.1 Å². The zero-order chi connectivity index (χ0) is 11.2. The average molecular weight is 238 g/mol. The number of nitrogens with one attached hydrogen (secondary N) is 1. The van der Waals surface area contributed by atoms with Crippen molar-refractivity contribution in [3.05, 3.63) is 21.9 Å². The fourth-order valence-corrected chi connectivity index (χ4v) is 3.22. The van der Waals surface area contributed by atoms with E-state index in [1.54, 1.807) is 0 Å². The maximum absolute atomic E-state index is 3.38. The molecular weight excluding hydrogens is 216 g/mol. The molecule has 1 aromatic heterocycles. The molecule has 16 heavy (non-hydrogen) atoms. The average Bonchev–Trinajstić information content (AvgIpc) is 2.75. The van der Waals surface area contributed by atoms with Gasteiger partial charge in [-0.15, -0.1) is 11.3 Å². The molecule has 1 aromatic rings. The van der Waals surface area contributed by atoms with Crippen LogP contribution in [0.5, 0.6) is 0 Å². The highest BCUT2D eigenvalue weighted by Gasteiger charge is 2.11. The molecule has 0 radical (unpaired) electrons. The van der Waals surface area contributed by atoms with Gasteiger partial charge in [-0.1, -0.05) is 13.3 Å². The van der Waals surface area contributed by atoms with E-state index in [1.165, 1.54) is 42.1 Å². The van der Waals surface area contributed by atoms with E-state index in [9.17, 15) is 0 Å². The van der Waals surface area contributed by atoms with Crippen LogP contribution in [0.3, 0.4) is 0 Å². The summed E-state index contributed by atoms with van der Waals surface area (Å²) in [5, 5.41) is 3.38. The van der Waals surface area contributed by atoms with Crippen molar-refractivity contribution in [2.24, 2.45) is 0 Å². The molecule has 1 fully saturated rings. The minimum Gasteiger partial charge on any atom is -0.312 e. The summed E-state index contributed by atoms with van der Waals surface area (Å²) >= 11 is 1.96. The SMILES string of the molecule is CCNCc1ccc(CN2CCCCC2)s1. The molecule has 0 amide bonds. The molecule has 0 spiro atoms. The Morgan fingerprint density at radius 1 is 1.19 bits per heavy atom. The summed E-state index contributed by atoms with van der Waals surface area (Å²) in [5.74, 6) is 0. The van der Waals surface area contributed by atoms with Gasteiger partial charge in [0.2, 0.25) is 0 Å². The van der Waals surface area contributed by atoms with Gasteiger partial charge in [-0.2, -0.15) is 0 Å². The second-order valence-electron chi connectivity index (χ2n) is 4.49. The van der Waals surface area contributed by atoms with E-state index in [2.05, 4.69) is 29.3 Å². The second kappa shape index (κ2) is 6.38. The van der Waals surface area contributed by atoms with E-state index < -0.39 is 0 Å². The Labute approximate surface area is 103 Å². The minimum absolute atomic E-state index is 1.03. The third-order valence-electron chi connectivity index (χ3n) is 3.09. The lowest BCUT2D eigenvalue weighted by molar-refractivity contribution is 0.222. The molecule has 1 N–H and O–H groups in total. The van der Waals surface area contributed by atoms with Crippen LogP contribution in [0.15, 0.2) is 12.1 Å². The van der Waals surface area contributed by atoms with E-state index in [4.69, 9.17) is 0 Å². The highest BCUT2D eigenvalue weighted by Crippen LogP contribution is 2.20. The summed E-state index contributed by atoms with van der Waals surface area (Å²) in [7, 11) is 0. The number of rotatable bonds is 5. The normalized spacial score (nSPS) is 17.8. The molecule has 0 unspecified atom stereocenters. The van der Waals surface area contributed by atoms with Crippen molar-refractivity contribution < 1.29 is 0 Å². The molecule has 2 heterocycles. The molecule has 1 aliphatic rings. The molecular formula is C13H22N2S. The van der Waals surface area contributed by atoms with Crippen LogP contribution < -0.4 is 5.32 Å². The van der Waals surface area contributed by atoms with Crippen LogP contribution in [0, 0.1) is 0 Å². The lowest BCUT2D eigenvalue weighted by Gasteiger charge is -2.25. The molecule has 2 nitrogen and oxygen atoms in total. The fourth-order valence-electron chi connectivity index (χ4n) is 2.19. The number of hydrogen-bond acceptors (Lipinski definition) is 3. The highest BCUT2D eigenvalue weighted by atomic mass is 32.1. The van der Waals surface area contributed by atoms with Gasteiger partial charge >= 0.3 is 0 Å².